The van der Waals surface area contributed by atoms with Crippen molar-refractivity contribution >= 4 is 17.3 Å². The first-order chi connectivity index (χ1) is 9.58. The molecule has 0 bridgehead atoms. The van der Waals surface area contributed by atoms with E-state index in [1.54, 1.807) is 0 Å². The second-order valence-corrected chi connectivity index (χ2v) is 4.77. The quantitative estimate of drug-likeness (QED) is 0.657. The summed E-state index contributed by atoms with van der Waals surface area (Å²) < 4.78 is 13.2. The average Bonchev–Trinajstić information content (AvgIpc) is 2.69. The number of amides is 1. The molecule has 0 radical (unpaired) electrons. The Morgan fingerprint density at radius 1 is 1.40 bits per heavy atom. The van der Waals surface area contributed by atoms with Crippen molar-refractivity contribution < 1.29 is 14.1 Å². The van der Waals surface area contributed by atoms with E-state index in [1.165, 1.54) is 6.07 Å². The molecule has 2 rings (SSSR count). The predicted molar refractivity (Wildman–Crippen MR) is 71.9 cm³/mol. The predicted octanol–water partition coefficient (Wildman–Crippen LogP) is 2.20. The van der Waals surface area contributed by atoms with E-state index in [1.807, 2.05) is 0 Å². The maximum absolute atomic E-state index is 13.2. The number of nitrogens with one attached hydrogen (secondary N) is 2. The molecular formula is C13H16FN3O3. The molecule has 1 heterocycles. The van der Waals surface area contributed by atoms with Gasteiger partial charge in [0.15, 0.2) is 0 Å². The molecule has 1 aliphatic heterocycles. The molecule has 1 atom stereocenters. The van der Waals surface area contributed by atoms with E-state index in [4.69, 9.17) is 0 Å². The number of hydrogen-bond acceptors (Lipinski definition) is 4. The lowest BCUT2D eigenvalue weighted by Crippen LogP contribution is -2.39. The second-order valence-electron chi connectivity index (χ2n) is 4.77. The Morgan fingerprint density at radius 2 is 2.20 bits per heavy atom. The van der Waals surface area contributed by atoms with Gasteiger partial charge in [0.1, 0.15) is 0 Å². The monoisotopic (exact) mass is 281 g/mol. The standard InChI is InChI=1S/C13H16FN3O3/c14-10-6-5-9(8-12(10)17(19)20)16-13(18)11-4-2-1-3-7-15-11/h5-6,8,11,15H,1-4,7H2,(H,16,18). The van der Waals surface area contributed by atoms with E-state index in [0.717, 1.165) is 44.4 Å². The summed E-state index contributed by atoms with van der Waals surface area (Å²) >= 11 is 0. The van der Waals surface area contributed by atoms with Gasteiger partial charge in [0.05, 0.1) is 11.0 Å². The van der Waals surface area contributed by atoms with Crippen molar-refractivity contribution in [3.05, 3.63) is 34.1 Å². The lowest BCUT2D eigenvalue weighted by atomic mass is 10.1. The number of hydrogen-bond donors (Lipinski definition) is 2. The third kappa shape index (κ3) is 3.51. The molecule has 1 amide bonds. The van der Waals surface area contributed by atoms with Crippen LogP contribution in [0.25, 0.3) is 0 Å². The Balaban J connectivity index is 2.07. The molecule has 6 nitrogen and oxygen atoms in total. The van der Waals surface area contributed by atoms with Crippen LogP contribution in [0.2, 0.25) is 0 Å². The van der Waals surface area contributed by atoms with Crippen molar-refractivity contribution in [3.63, 3.8) is 0 Å². The third-order valence-electron chi connectivity index (χ3n) is 3.29. The first-order valence-electron chi connectivity index (χ1n) is 6.56. The van der Waals surface area contributed by atoms with Crippen LogP contribution >= 0.6 is 0 Å². The van der Waals surface area contributed by atoms with E-state index in [0.29, 0.717) is 0 Å². The molecule has 1 aliphatic rings. The van der Waals surface area contributed by atoms with Crippen molar-refractivity contribution in [2.24, 2.45) is 0 Å². The summed E-state index contributed by atoms with van der Waals surface area (Å²) in [6, 6.07) is 3.02. The Labute approximate surface area is 115 Å². The van der Waals surface area contributed by atoms with E-state index in [9.17, 15) is 19.3 Å². The molecule has 0 aliphatic carbocycles. The smallest absolute Gasteiger partial charge is 0.306 e. The SMILES string of the molecule is O=C(Nc1ccc(F)c([N+](=O)[O-])c1)C1CCCCCN1. The molecule has 1 aromatic carbocycles. The summed E-state index contributed by atoms with van der Waals surface area (Å²) in [5.74, 6) is -1.16. The van der Waals surface area contributed by atoms with Gasteiger partial charge in [-0.2, -0.15) is 4.39 Å². The van der Waals surface area contributed by atoms with Gasteiger partial charge in [-0.3, -0.25) is 14.9 Å². The number of nitro benzene ring substituents is 1. The highest BCUT2D eigenvalue weighted by molar-refractivity contribution is 5.95. The highest BCUT2D eigenvalue weighted by Crippen LogP contribution is 2.22. The molecule has 0 saturated carbocycles. The molecule has 1 aromatic rings. The maximum Gasteiger partial charge on any atom is 0.306 e. The minimum Gasteiger partial charge on any atom is -0.324 e. The van der Waals surface area contributed by atoms with Gasteiger partial charge < -0.3 is 10.6 Å². The lowest BCUT2D eigenvalue weighted by Gasteiger charge is -2.15. The Hall–Kier alpha value is -2.02. The topological polar surface area (TPSA) is 84.3 Å². The fourth-order valence-corrected chi connectivity index (χ4v) is 2.21. The number of nitrogens with zero attached hydrogens (tertiary/aromatic N) is 1. The fraction of sp³-hybridized carbons (Fsp3) is 0.462. The fourth-order valence-electron chi connectivity index (χ4n) is 2.21. The zero-order valence-electron chi connectivity index (χ0n) is 10.9. The molecule has 1 fully saturated rings. The van der Waals surface area contributed by atoms with Crippen LogP contribution in [-0.2, 0) is 4.79 Å². The van der Waals surface area contributed by atoms with Crippen LogP contribution in [0.4, 0.5) is 15.8 Å². The number of anilines is 1. The van der Waals surface area contributed by atoms with Crippen LogP contribution < -0.4 is 10.6 Å². The number of halogens is 1. The van der Waals surface area contributed by atoms with Crippen LogP contribution in [0.5, 0.6) is 0 Å². The van der Waals surface area contributed by atoms with Gasteiger partial charge in [-0.05, 0) is 31.5 Å². The summed E-state index contributed by atoms with van der Waals surface area (Å²) in [6.45, 7) is 0.779. The van der Waals surface area contributed by atoms with E-state index >= 15 is 0 Å². The molecule has 2 N–H and O–H groups in total. The highest BCUT2D eigenvalue weighted by atomic mass is 19.1. The molecule has 1 saturated heterocycles. The minimum atomic E-state index is -0.916. The summed E-state index contributed by atoms with van der Waals surface area (Å²) in [6.07, 6.45) is 3.81. The highest BCUT2D eigenvalue weighted by Gasteiger charge is 2.21. The molecule has 1 unspecified atom stereocenters. The largest absolute Gasteiger partial charge is 0.324 e. The van der Waals surface area contributed by atoms with Crippen molar-refractivity contribution in [1.82, 2.24) is 5.32 Å². The van der Waals surface area contributed by atoms with Crippen molar-refractivity contribution in [1.29, 1.82) is 0 Å². The Morgan fingerprint density at radius 3 is 2.95 bits per heavy atom. The second kappa shape index (κ2) is 6.42. The molecule has 7 heteroatoms. The van der Waals surface area contributed by atoms with E-state index in [-0.39, 0.29) is 17.6 Å². The van der Waals surface area contributed by atoms with E-state index < -0.39 is 16.4 Å². The number of benzene rings is 1. The van der Waals surface area contributed by atoms with E-state index in [2.05, 4.69) is 10.6 Å². The normalized spacial score (nSPS) is 19.1. The van der Waals surface area contributed by atoms with Crippen molar-refractivity contribution in [2.75, 3.05) is 11.9 Å². The molecule has 0 aromatic heterocycles. The van der Waals surface area contributed by atoms with Crippen LogP contribution in [-0.4, -0.2) is 23.4 Å². The van der Waals surface area contributed by atoms with Gasteiger partial charge >= 0.3 is 5.69 Å². The van der Waals surface area contributed by atoms with Gasteiger partial charge in [-0.15, -0.1) is 0 Å². The van der Waals surface area contributed by atoms with Crippen LogP contribution in [0.1, 0.15) is 25.7 Å². The molecular weight excluding hydrogens is 265 g/mol. The van der Waals surface area contributed by atoms with Gasteiger partial charge in [-0.25, -0.2) is 0 Å². The summed E-state index contributed by atoms with van der Waals surface area (Å²) in [5, 5.41) is 16.4. The molecule has 0 spiro atoms. The summed E-state index contributed by atoms with van der Waals surface area (Å²) in [4.78, 5) is 21.9. The lowest BCUT2D eigenvalue weighted by molar-refractivity contribution is -0.387. The first kappa shape index (κ1) is 14.4. The molecule has 20 heavy (non-hydrogen) atoms. The number of nitro groups is 1. The number of carbonyl (C=O) groups is 1. The zero-order chi connectivity index (χ0) is 14.5. The summed E-state index contributed by atoms with van der Waals surface area (Å²) in [7, 11) is 0. The first-order valence-corrected chi connectivity index (χ1v) is 6.56. The van der Waals surface area contributed by atoms with Gasteiger partial charge in [0.25, 0.3) is 0 Å². The van der Waals surface area contributed by atoms with Gasteiger partial charge in [0, 0.05) is 11.8 Å². The van der Waals surface area contributed by atoms with Crippen molar-refractivity contribution in [3.8, 4) is 0 Å². The van der Waals surface area contributed by atoms with Crippen LogP contribution in [0, 0.1) is 15.9 Å². The van der Waals surface area contributed by atoms with Gasteiger partial charge in [-0.1, -0.05) is 12.8 Å². The minimum absolute atomic E-state index is 0.231. The maximum atomic E-state index is 13.2. The number of carbonyl (C=O) groups excluding carboxylic acids is 1. The number of rotatable bonds is 3. The van der Waals surface area contributed by atoms with Crippen molar-refractivity contribution in [2.45, 2.75) is 31.7 Å². The van der Waals surface area contributed by atoms with Crippen LogP contribution in [0.3, 0.4) is 0 Å². The zero-order valence-corrected chi connectivity index (χ0v) is 10.9. The van der Waals surface area contributed by atoms with Gasteiger partial charge in [0.2, 0.25) is 11.7 Å². The molecule has 108 valence electrons. The Bertz CT molecular complexity index is 514. The Kier molecular flexibility index (Phi) is 4.62. The average molecular weight is 281 g/mol. The van der Waals surface area contributed by atoms with Crippen LogP contribution in [0.15, 0.2) is 18.2 Å². The third-order valence-corrected chi connectivity index (χ3v) is 3.29. The summed E-state index contributed by atoms with van der Waals surface area (Å²) in [5.41, 5.74) is -0.411.